The third-order valence-corrected chi connectivity index (χ3v) is 5.65. The molecule has 5 heteroatoms. The third kappa shape index (κ3) is 4.40. The number of fused-ring (bicyclic) bond motifs is 1. The summed E-state index contributed by atoms with van der Waals surface area (Å²) in [4.78, 5) is 9.47. The molecule has 1 N–H and O–H groups in total. The van der Waals surface area contributed by atoms with Crippen molar-refractivity contribution in [3.63, 3.8) is 0 Å². The van der Waals surface area contributed by atoms with Crippen LogP contribution in [0.3, 0.4) is 0 Å². The highest BCUT2D eigenvalue weighted by Crippen LogP contribution is 2.28. The van der Waals surface area contributed by atoms with Gasteiger partial charge >= 0.3 is 0 Å². The fraction of sp³-hybridized carbons (Fsp3) is 0.348. The number of unbranched alkanes of at least 4 members (excludes halogenated alkanes) is 1. The maximum atomic E-state index is 6.09. The van der Waals surface area contributed by atoms with Crippen molar-refractivity contribution < 1.29 is 0 Å². The second-order valence-corrected chi connectivity index (χ2v) is 7.81. The Morgan fingerprint density at radius 3 is 2.54 bits per heavy atom. The quantitative estimate of drug-likeness (QED) is 0.593. The van der Waals surface area contributed by atoms with E-state index in [2.05, 4.69) is 51.3 Å². The average Bonchev–Trinajstić information content (AvgIpc) is 2.73. The number of benzene rings is 2. The van der Waals surface area contributed by atoms with Crippen LogP contribution in [0.1, 0.15) is 19.8 Å². The Labute approximate surface area is 172 Å². The lowest BCUT2D eigenvalue weighted by molar-refractivity contribution is 0.254. The van der Waals surface area contributed by atoms with E-state index in [1.165, 1.54) is 25.1 Å². The Hall–Kier alpha value is -2.30. The van der Waals surface area contributed by atoms with Gasteiger partial charge in [0, 0.05) is 59.8 Å². The zero-order valence-corrected chi connectivity index (χ0v) is 17.1. The first-order chi connectivity index (χ1) is 13.7. The molecule has 4 nitrogen and oxygen atoms in total. The summed E-state index contributed by atoms with van der Waals surface area (Å²) in [6.07, 6.45) is 4.39. The molecule has 0 atom stereocenters. The van der Waals surface area contributed by atoms with Crippen LogP contribution < -0.4 is 10.2 Å². The predicted molar refractivity (Wildman–Crippen MR) is 120 cm³/mol. The minimum Gasteiger partial charge on any atom is -0.369 e. The zero-order valence-electron chi connectivity index (χ0n) is 16.4. The van der Waals surface area contributed by atoms with E-state index in [4.69, 9.17) is 11.6 Å². The van der Waals surface area contributed by atoms with E-state index in [-0.39, 0.29) is 0 Å². The Bertz CT molecular complexity index is 918. The van der Waals surface area contributed by atoms with E-state index in [1.807, 2.05) is 30.5 Å². The molecule has 2 heterocycles. The van der Waals surface area contributed by atoms with Crippen molar-refractivity contribution in [1.82, 2.24) is 9.88 Å². The number of anilines is 3. The highest BCUT2D eigenvalue weighted by molar-refractivity contribution is 6.31. The van der Waals surface area contributed by atoms with Crippen LogP contribution in [-0.2, 0) is 0 Å². The van der Waals surface area contributed by atoms with Crippen molar-refractivity contribution in [1.29, 1.82) is 0 Å². The highest BCUT2D eigenvalue weighted by atomic mass is 35.5. The molecule has 0 spiro atoms. The first-order valence-electron chi connectivity index (χ1n) is 10.1. The minimum atomic E-state index is 0.705. The summed E-state index contributed by atoms with van der Waals surface area (Å²) < 4.78 is 0. The van der Waals surface area contributed by atoms with Gasteiger partial charge in [-0.25, -0.2) is 0 Å². The molecule has 1 fully saturated rings. The van der Waals surface area contributed by atoms with Gasteiger partial charge in [-0.15, -0.1) is 0 Å². The molecule has 1 aromatic heterocycles. The zero-order chi connectivity index (χ0) is 19.3. The third-order valence-electron chi connectivity index (χ3n) is 5.42. The van der Waals surface area contributed by atoms with E-state index in [0.29, 0.717) is 5.02 Å². The molecule has 0 radical (unpaired) electrons. The van der Waals surface area contributed by atoms with Crippen molar-refractivity contribution in [3.05, 3.63) is 59.8 Å². The van der Waals surface area contributed by atoms with Gasteiger partial charge in [0.15, 0.2) is 0 Å². The maximum Gasteiger partial charge on any atom is 0.0737 e. The average molecular weight is 395 g/mol. The van der Waals surface area contributed by atoms with Gasteiger partial charge in [0.25, 0.3) is 0 Å². The number of piperazine rings is 1. The van der Waals surface area contributed by atoms with Crippen molar-refractivity contribution in [2.75, 3.05) is 42.9 Å². The van der Waals surface area contributed by atoms with Crippen LogP contribution in [0.15, 0.2) is 54.7 Å². The molecule has 0 aliphatic carbocycles. The van der Waals surface area contributed by atoms with Gasteiger partial charge in [-0.1, -0.05) is 24.9 Å². The molecule has 0 saturated carbocycles. The highest BCUT2D eigenvalue weighted by Gasteiger charge is 2.16. The van der Waals surface area contributed by atoms with Crippen molar-refractivity contribution in [3.8, 4) is 0 Å². The van der Waals surface area contributed by atoms with Gasteiger partial charge < -0.3 is 10.2 Å². The number of aromatic nitrogens is 1. The molecule has 0 unspecified atom stereocenters. The standard InChI is InChI=1S/C23H27ClN4/c1-2-3-12-27-13-15-28(16-14-27)20-7-5-19(6-8-20)26-22-10-11-25-23-17-18(24)4-9-21(22)23/h4-11,17H,2-3,12-16H2,1H3,(H,25,26). The number of nitrogens with zero attached hydrogens (tertiary/aromatic N) is 3. The number of nitrogens with one attached hydrogen (secondary N) is 1. The largest absolute Gasteiger partial charge is 0.369 e. The van der Waals surface area contributed by atoms with Crippen LogP contribution in [0.4, 0.5) is 17.1 Å². The predicted octanol–water partition coefficient (Wildman–Crippen LogP) is 5.55. The van der Waals surface area contributed by atoms with E-state index >= 15 is 0 Å². The molecule has 0 bridgehead atoms. The molecular formula is C23H27ClN4. The monoisotopic (exact) mass is 394 g/mol. The van der Waals surface area contributed by atoms with Crippen LogP contribution in [0.5, 0.6) is 0 Å². The normalized spacial score (nSPS) is 15.1. The molecule has 146 valence electrons. The van der Waals surface area contributed by atoms with Crippen LogP contribution >= 0.6 is 11.6 Å². The Morgan fingerprint density at radius 1 is 1.00 bits per heavy atom. The molecule has 1 saturated heterocycles. The molecule has 1 aliphatic heterocycles. The number of hydrogen-bond acceptors (Lipinski definition) is 4. The number of hydrogen-bond donors (Lipinski definition) is 1. The second kappa shape index (κ2) is 8.80. The Balaban J connectivity index is 1.42. The van der Waals surface area contributed by atoms with E-state index in [0.717, 1.165) is 48.5 Å². The SMILES string of the molecule is CCCCN1CCN(c2ccc(Nc3ccnc4cc(Cl)ccc34)cc2)CC1. The van der Waals surface area contributed by atoms with E-state index in [9.17, 15) is 0 Å². The Kier molecular flexibility index (Phi) is 5.98. The maximum absolute atomic E-state index is 6.09. The van der Waals surface area contributed by atoms with Crippen LogP contribution in [-0.4, -0.2) is 42.6 Å². The lowest BCUT2D eigenvalue weighted by atomic mass is 10.1. The number of pyridine rings is 1. The summed E-state index contributed by atoms with van der Waals surface area (Å²) in [6, 6.07) is 16.5. The van der Waals surface area contributed by atoms with Gasteiger partial charge in [0.2, 0.25) is 0 Å². The summed E-state index contributed by atoms with van der Waals surface area (Å²) in [5.74, 6) is 0. The number of halogens is 1. The molecule has 3 aromatic rings. The fourth-order valence-corrected chi connectivity index (χ4v) is 3.92. The summed E-state index contributed by atoms with van der Waals surface area (Å²) in [6.45, 7) is 8.02. The van der Waals surface area contributed by atoms with Gasteiger partial charge in [-0.05, 0) is 61.5 Å². The van der Waals surface area contributed by atoms with Gasteiger partial charge in [-0.3, -0.25) is 9.88 Å². The van der Waals surface area contributed by atoms with Gasteiger partial charge in [-0.2, -0.15) is 0 Å². The minimum absolute atomic E-state index is 0.705. The molecular weight excluding hydrogens is 368 g/mol. The second-order valence-electron chi connectivity index (χ2n) is 7.37. The summed E-state index contributed by atoms with van der Waals surface area (Å²) in [5.41, 5.74) is 4.31. The first kappa shape index (κ1) is 19.0. The fourth-order valence-electron chi connectivity index (χ4n) is 3.75. The lowest BCUT2D eigenvalue weighted by Crippen LogP contribution is -2.46. The molecule has 0 amide bonds. The van der Waals surface area contributed by atoms with Crippen LogP contribution in [0, 0.1) is 0 Å². The first-order valence-corrected chi connectivity index (χ1v) is 10.5. The van der Waals surface area contributed by atoms with Crippen molar-refractivity contribution >= 4 is 39.6 Å². The van der Waals surface area contributed by atoms with Gasteiger partial charge in [0.1, 0.15) is 0 Å². The smallest absolute Gasteiger partial charge is 0.0737 e. The molecule has 4 rings (SSSR count). The molecule has 2 aromatic carbocycles. The molecule has 1 aliphatic rings. The van der Waals surface area contributed by atoms with E-state index in [1.54, 1.807) is 0 Å². The van der Waals surface area contributed by atoms with Crippen molar-refractivity contribution in [2.24, 2.45) is 0 Å². The Morgan fingerprint density at radius 2 is 1.79 bits per heavy atom. The van der Waals surface area contributed by atoms with Crippen molar-refractivity contribution in [2.45, 2.75) is 19.8 Å². The van der Waals surface area contributed by atoms with Crippen LogP contribution in [0.25, 0.3) is 10.9 Å². The topological polar surface area (TPSA) is 31.4 Å². The van der Waals surface area contributed by atoms with Crippen LogP contribution in [0.2, 0.25) is 5.02 Å². The summed E-state index contributed by atoms with van der Waals surface area (Å²) in [5, 5.41) is 5.29. The van der Waals surface area contributed by atoms with Gasteiger partial charge in [0.05, 0.1) is 5.52 Å². The molecule has 28 heavy (non-hydrogen) atoms. The van der Waals surface area contributed by atoms with E-state index < -0.39 is 0 Å². The summed E-state index contributed by atoms with van der Waals surface area (Å²) in [7, 11) is 0. The summed E-state index contributed by atoms with van der Waals surface area (Å²) >= 11 is 6.09. The lowest BCUT2D eigenvalue weighted by Gasteiger charge is -2.36. The number of rotatable bonds is 6.